The molecule has 0 radical (unpaired) electrons. The molecule has 0 spiro atoms. The lowest BCUT2D eigenvalue weighted by Gasteiger charge is -2.20. The monoisotopic (exact) mass is 269 g/mol. The van der Waals surface area contributed by atoms with Crippen molar-refractivity contribution in [2.45, 2.75) is 38.5 Å². The van der Waals surface area contributed by atoms with Gasteiger partial charge in [-0.25, -0.2) is 8.42 Å². The fraction of sp³-hybridized carbons (Fsp3) is 0.571. The molecule has 0 aliphatic rings. The summed E-state index contributed by atoms with van der Waals surface area (Å²) in [6, 6.07) is 10.2. The Hall–Kier alpha value is -0.870. The van der Waals surface area contributed by atoms with Crippen molar-refractivity contribution < 1.29 is 8.42 Å². The normalized spacial score (nSPS) is 14.4. The van der Waals surface area contributed by atoms with Gasteiger partial charge in [-0.15, -0.1) is 0 Å². The second kappa shape index (κ2) is 5.85. The molecule has 0 aliphatic heterocycles. The second-order valence-electron chi connectivity index (χ2n) is 5.52. The van der Waals surface area contributed by atoms with Crippen molar-refractivity contribution in [2.75, 3.05) is 12.3 Å². The molecule has 0 saturated heterocycles. The van der Waals surface area contributed by atoms with Crippen LogP contribution in [-0.4, -0.2) is 25.5 Å². The number of rotatable bonds is 5. The van der Waals surface area contributed by atoms with Crippen LogP contribution in [0, 0.1) is 0 Å². The number of benzene rings is 1. The van der Waals surface area contributed by atoms with Gasteiger partial charge in [0.1, 0.15) is 0 Å². The maximum absolute atomic E-state index is 11.9. The lowest BCUT2D eigenvalue weighted by atomic mass is 10.1. The quantitative estimate of drug-likeness (QED) is 0.893. The third kappa shape index (κ3) is 4.10. The van der Waals surface area contributed by atoms with E-state index in [1.165, 1.54) is 5.56 Å². The Balaban J connectivity index is 2.49. The van der Waals surface area contributed by atoms with Crippen LogP contribution in [0.4, 0.5) is 0 Å². The molecule has 0 unspecified atom stereocenters. The minimum Gasteiger partial charge on any atom is -0.309 e. The highest BCUT2D eigenvalue weighted by atomic mass is 32.2. The molecular weight excluding hydrogens is 246 g/mol. The van der Waals surface area contributed by atoms with E-state index < -0.39 is 14.6 Å². The highest BCUT2D eigenvalue weighted by Gasteiger charge is 2.28. The lowest BCUT2D eigenvalue weighted by Crippen LogP contribution is -2.35. The molecule has 0 heterocycles. The summed E-state index contributed by atoms with van der Waals surface area (Å²) in [5.74, 6) is 0.174. The van der Waals surface area contributed by atoms with Gasteiger partial charge in [0.15, 0.2) is 9.84 Å². The first-order chi connectivity index (χ1) is 8.24. The molecule has 4 heteroatoms. The SMILES string of the molecule is C[C@H](NCCS(=O)(=O)C(C)(C)C)c1ccccc1. The fourth-order valence-electron chi connectivity index (χ4n) is 1.58. The van der Waals surface area contributed by atoms with Crippen LogP contribution >= 0.6 is 0 Å². The zero-order chi connectivity index (χ0) is 13.8. The van der Waals surface area contributed by atoms with E-state index >= 15 is 0 Å². The van der Waals surface area contributed by atoms with Gasteiger partial charge in [-0.1, -0.05) is 30.3 Å². The average Bonchev–Trinajstić information content (AvgIpc) is 2.28. The molecule has 0 aliphatic carbocycles. The Morgan fingerprint density at radius 2 is 1.72 bits per heavy atom. The molecule has 0 fully saturated rings. The van der Waals surface area contributed by atoms with Crippen LogP contribution < -0.4 is 5.32 Å². The van der Waals surface area contributed by atoms with Gasteiger partial charge in [-0.05, 0) is 33.3 Å². The van der Waals surface area contributed by atoms with Gasteiger partial charge in [0.25, 0.3) is 0 Å². The van der Waals surface area contributed by atoms with Gasteiger partial charge in [0, 0.05) is 12.6 Å². The molecule has 102 valence electrons. The van der Waals surface area contributed by atoms with E-state index in [0.29, 0.717) is 6.54 Å². The summed E-state index contributed by atoms with van der Waals surface area (Å²) in [6.07, 6.45) is 0. The van der Waals surface area contributed by atoms with E-state index in [2.05, 4.69) is 5.32 Å². The maximum Gasteiger partial charge on any atom is 0.156 e. The van der Waals surface area contributed by atoms with Crippen molar-refractivity contribution in [2.24, 2.45) is 0 Å². The van der Waals surface area contributed by atoms with E-state index in [1.54, 1.807) is 20.8 Å². The van der Waals surface area contributed by atoms with Gasteiger partial charge in [-0.2, -0.15) is 0 Å². The minimum absolute atomic E-state index is 0.168. The predicted octanol–water partition coefficient (Wildman–Crippen LogP) is 2.55. The zero-order valence-electron chi connectivity index (χ0n) is 11.6. The average molecular weight is 269 g/mol. The van der Waals surface area contributed by atoms with Crippen LogP contribution in [0.15, 0.2) is 30.3 Å². The highest BCUT2D eigenvalue weighted by molar-refractivity contribution is 7.92. The molecule has 1 atom stereocenters. The molecule has 0 aromatic heterocycles. The number of sulfone groups is 1. The van der Waals surface area contributed by atoms with Crippen LogP contribution in [0.25, 0.3) is 0 Å². The molecular formula is C14H23NO2S. The summed E-state index contributed by atoms with van der Waals surface area (Å²) in [4.78, 5) is 0. The van der Waals surface area contributed by atoms with Crippen molar-refractivity contribution in [1.82, 2.24) is 5.32 Å². The first-order valence-electron chi connectivity index (χ1n) is 6.25. The second-order valence-corrected chi connectivity index (χ2v) is 8.38. The van der Waals surface area contributed by atoms with E-state index in [-0.39, 0.29) is 11.8 Å². The van der Waals surface area contributed by atoms with Crippen molar-refractivity contribution in [1.29, 1.82) is 0 Å². The summed E-state index contributed by atoms with van der Waals surface area (Å²) in [7, 11) is -3.04. The first-order valence-corrected chi connectivity index (χ1v) is 7.90. The molecule has 0 bridgehead atoms. The van der Waals surface area contributed by atoms with Crippen molar-refractivity contribution in [3.05, 3.63) is 35.9 Å². The number of hydrogen-bond donors (Lipinski definition) is 1. The van der Waals surface area contributed by atoms with Gasteiger partial charge < -0.3 is 5.32 Å². The van der Waals surface area contributed by atoms with Crippen molar-refractivity contribution in [3.63, 3.8) is 0 Å². The van der Waals surface area contributed by atoms with Gasteiger partial charge >= 0.3 is 0 Å². The largest absolute Gasteiger partial charge is 0.309 e. The van der Waals surface area contributed by atoms with Gasteiger partial charge in [0.2, 0.25) is 0 Å². The number of nitrogens with one attached hydrogen (secondary N) is 1. The summed E-state index contributed by atoms with van der Waals surface area (Å²) in [5, 5.41) is 3.25. The molecule has 1 aromatic rings. The maximum atomic E-state index is 11.9. The van der Waals surface area contributed by atoms with Crippen molar-refractivity contribution in [3.8, 4) is 0 Å². The Kier molecular flexibility index (Phi) is 4.93. The molecule has 1 rings (SSSR count). The Morgan fingerprint density at radius 1 is 1.17 bits per heavy atom. The summed E-state index contributed by atoms with van der Waals surface area (Å²) >= 11 is 0. The predicted molar refractivity (Wildman–Crippen MR) is 76.4 cm³/mol. The van der Waals surface area contributed by atoms with E-state index in [1.807, 2.05) is 37.3 Å². The van der Waals surface area contributed by atoms with E-state index in [4.69, 9.17) is 0 Å². The van der Waals surface area contributed by atoms with E-state index in [9.17, 15) is 8.42 Å². The molecule has 1 aromatic carbocycles. The zero-order valence-corrected chi connectivity index (χ0v) is 12.4. The summed E-state index contributed by atoms with van der Waals surface area (Å²) in [6.45, 7) is 7.74. The number of hydrogen-bond acceptors (Lipinski definition) is 3. The molecule has 0 amide bonds. The smallest absolute Gasteiger partial charge is 0.156 e. The Bertz CT molecular complexity index is 460. The van der Waals surface area contributed by atoms with Crippen molar-refractivity contribution >= 4 is 9.84 Å². The molecule has 18 heavy (non-hydrogen) atoms. The van der Waals surface area contributed by atoms with Crippen LogP contribution in [0.1, 0.15) is 39.3 Å². The molecule has 1 N–H and O–H groups in total. The van der Waals surface area contributed by atoms with Gasteiger partial charge in [-0.3, -0.25) is 0 Å². The highest BCUT2D eigenvalue weighted by Crippen LogP contribution is 2.16. The standard InChI is InChI=1S/C14H23NO2S/c1-12(13-8-6-5-7-9-13)15-10-11-18(16,17)14(2,3)4/h5-9,12,15H,10-11H2,1-4H3/t12-/m0/s1. The fourth-order valence-corrected chi connectivity index (χ4v) is 2.57. The Labute approximate surface area is 111 Å². The summed E-state index contributed by atoms with van der Waals surface area (Å²) < 4.78 is 23.2. The third-order valence-electron chi connectivity index (χ3n) is 3.05. The van der Waals surface area contributed by atoms with E-state index in [0.717, 1.165) is 0 Å². The molecule has 3 nitrogen and oxygen atoms in total. The van der Waals surface area contributed by atoms with Crippen LogP contribution in [0.2, 0.25) is 0 Å². The first kappa shape index (κ1) is 15.2. The topological polar surface area (TPSA) is 46.2 Å². The summed E-state index contributed by atoms with van der Waals surface area (Å²) in [5.41, 5.74) is 1.17. The van der Waals surface area contributed by atoms with Crippen LogP contribution in [0.5, 0.6) is 0 Å². The third-order valence-corrected chi connectivity index (χ3v) is 5.66. The minimum atomic E-state index is -3.04. The van der Waals surface area contributed by atoms with Crippen LogP contribution in [-0.2, 0) is 9.84 Å². The lowest BCUT2D eigenvalue weighted by molar-refractivity contribution is 0.546. The Morgan fingerprint density at radius 3 is 2.22 bits per heavy atom. The molecule has 0 saturated carbocycles. The van der Waals surface area contributed by atoms with Gasteiger partial charge in [0.05, 0.1) is 10.5 Å². The van der Waals surface area contributed by atoms with Crippen LogP contribution in [0.3, 0.4) is 0 Å².